The molecular weight excluding hydrogens is 266 g/mol. The average Bonchev–Trinajstić information content (AvgIpc) is 3.22. The van der Waals surface area contributed by atoms with Crippen LogP contribution in [-0.4, -0.2) is 17.4 Å². The lowest BCUT2D eigenvalue weighted by Crippen LogP contribution is -2.33. The number of anilines is 2. The van der Waals surface area contributed by atoms with Gasteiger partial charge in [0.05, 0.1) is 0 Å². The minimum atomic E-state index is -0.339. The standard InChI is InChI=1S/C16H23N3O2/c1-16(2,17)10-9-14(20)18-12-5-7-13(8-6-12)19-15(21)11-3-4-11/h5-8,11H,3-4,9-10,17H2,1-2H3,(H,18,20)(H,19,21). The maximum Gasteiger partial charge on any atom is 0.227 e. The average molecular weight is 289 g/mol. The van der Waals surface area contributed by atoms with Crippen molar-refractivity contribution in [3.05, 3.63) is 24.3 Å². The second-order valence-electron chi connectivity index (χ2n) is 6.38. The third-order valence-corrected chi connectivity index (χ3v) is 3.38. The molecule has 0 unspecified atom stereocenters. The van der Waals surface area contributed by atoms with Crippen LogP contribution in [0.25, 0.3) is 0 Å². The lowest BCUT2D eigenvalue weighted by atomic mass is 10.00. The fourth-order valence-electron chi connectivity index (χ4n) is 1.89. The van der Waals surface area contributed by atoms with Gasteiger partial charge in [0.15, 0.2) is 0 Å². The number of amides is 2. The van der Waals surface area contributed by atoms with Gasteiger partial charge in [0.1, 0.15) is 0 Å². The molecule has 0 bridgehead atoms. The van der Waals surface area contributed by atoms with Gasteiger partial charge in [0.2, 0.25) is 11.8 Å². The van der Waals surface area contributed by atoms with Crippen LogP contribution in [0.2, 0.25) is 0 Å². The van der Waals surface area contributed by atoms with Crippen LogP contribution in [0.4, 0.5) is 11.4 Å². The fraction of sp³-hybridized carbons (Fsp3) is 0.500. The normalized spacial score (nSPS) is 14.6. The van der Waals surface area contributed by atoms with Gasteiger partial charge in [-0.25, -0.2) is 0 Å². The first kappa shape index (κ1) is 15.5. The molecule has 0 saturated heterocycles. The molecule has 0 aromatic heterocycles. The third-order valence-electron chi connectivity index (χ3n) is 3.38. The number of hydrogen-bond acceptors (Lipinski definition) is 3. The van der Waals surface area contributed by atoms with Crippen molar-refractivity contribution in [3.8, 4) is 0 Å². The lowest BCUT2D eigenvalue weighted by Gasteiger charge is -2.17. The molecule has 4 N–H and O–H groups in total. The van der Waals surface area contributed by atoms with Crippen molar-refractivity contribution >= 4 is 23.2 Å². The zero-order chi connectivity index (χ0) is 15.5. The van der Waals surface area contributed by atoms with Crippen LogP contribution in [0.3, 0.4) is 0 Å². The molecule has 0 aliphatic heterocycles. The van der Waals surface area contributed by atoms with Crippen molar-refractivity contribution < 1.29 is 9.59 Å². The molecule has 2 amide bonds. The summed E-state index contributed by atoms with van der Waals surface area (Å²) in [6, 6.07) is 7.16. The second-order valence-corrected chi connectivity index (χ2v) is 6.38. The van der Waals surface area contributed by atoms with E-state index in [4.69, 9.17) is 5.73 Å². The van der Waals surface area contributed by atoms with Crippen molar-refractivity contribution in [3.63, 3.8) is 0 Å². The molecule has 1 aliphatic rings. The largest absolute Gasteiger partial charge is 0.326 e. The summed E-state index contributed by atoms with van der Waals surface area (Å²) in [5, 5.41) is 5.68. The Kier molecular flexibility index (Phi) is 4.63. The van der Waals surface area contributed by atoms with Crippen LogP contribution in [-0.2, 0) is 9.59 Å². The van der Waals surface area contributed by atoms with Gasteiger partial charge in [-0.2, -0.15) is 0 Å². The van der Waals surface area contributed by atoms with E-state index in [0.29, 0.717) is 12.8 Å². The van der Waals surface area contributed by atoms with E-state index >= 15 is 0 Å². The molecule has 2 rings (SSSR count). The number of nitrogens with two attached hydrogens (primary N) is 1. The molecular formula is C16H23N3O2. The van der Waals surface area contributed by atoms with Crippen LogP contribution in [0, 0.1) is 5.92 Å². The van der Waals surface area contributed by atoms with Crippen LogP contribution < -0.4 is 16.4 Å². The number of carbonyl (C=O) groups excluding carboxylic acids is 2. The quantitative estimate of drug-likeness (QED) is 0.752. The van der Waals surface area contributed by atoms with Gasteiger partial charge in [-0.3, -0.25) is 9.59 Å². The van der Waals surface area contributed by atoms with E-state index in [1.165, 1.54) is 0 Å². The summed E-state index contributed by atoms with van der Waals surface area (Å²) >= 11 is 0. The van der Waals surface area contributed by atoms with Gasteiger partial charge in [-0.05, 0) is 57.4 Å². The Morgan fingerprint density at radius 1 is 1.14 bits per heavy atom. The monoisotopic (exact) mass is 289 g/mol. The fourth-order valence-corrected chi connectivity index (χ4v) is 1.89. The van der Waals surface area contributed by atoms with Gasteiger partial charge in [-0.1, -0.05) is 0 Å². The van der Waals surface area contributed by atoms with Crippen molar-refractivity contribution in [1.82, 2.24) is 0 Å². The smallest absolute Gasteiger partial charge is 0.227 e. The Labute approximate surface area is 125 Å². The molecule has 1 aromatic carbocycles. The summed E-state index contributed by atoms with van der Waals surface area (Å²) < 4.78 is 0. The molecule has 5 nitrogen and oxygen atoms in total. The number of nitrogens with one attached hydrogen (secondary N) is 2. The SMILES string of the molecule is CC(C)(N)CCC(=O)Nc1ccc(NC(=O)C2CC2)cc1. The highest BCUT2D eigenvalue weighted by atomic mass is 16.2. The predicted molar refractivity (Wildman–Crippen MR) is 83.9 cm³/mol. The Morgan fingerprint density at radius 2 is 1.67 bits per heavy atom. The number of carbonyl (C=O) groups is 2. The maximum atomic E-state index is 11.8. The summed E-state index contributed by atoms with van der Waals surface area (Å²) in [4.78, 5) is 23.4. The topological polar surface area (TPSA) is 84.2 Å². The first-order valence-electron chi connectivity index (χ1n) is 7.33. The first-order chi connectivity index (χ1) is 9.83. The Balaban J connectivity index is 1.81. The van der Waals surface area contributed by atoms with E-state index in [1.807, 2.05) is 13.8 Å². The summed E-state index contributed by atoms with van der Waals surface area (Å²) in [5.74, 6) is 0.212. The van der Waals surface area contributed by atoms with Gasteiger partial charge < -0.3 is 16.4 Å². The zero-order valence-electron chi connectivity index (χ0n) is 12.6. The molecule has 1 saturated carbocycles. The molecule has 0 atom stereocenters. The van der Waals surface area contributed by atoms with Crippen LogP contribution in [0.1, 0.15) is 39.5 Å². The van der Waals surface area contributed by atoms with Gasteiger partial charge in [0.25, 0.3) is 0 Å². The summed E-state index contributed by atoms with van der Waals surface area (Å²) in [6.45, 7) is 3.80. The predicted octanol–water partition coefficient (Wildman–Crippen LogP) is 2.49. The molecule has 1 fully saturated rings. The molecule has 1 aliphatic carbocycles. The molecule has 114 valence electrons. The van der Waals surface area contributed by atoms with E-state index in [1.54, 1.807) is 24.3 Å². The summed E-state index contributed by atoms with van der Waals surface area (Å²) in [7, 11) is 0. The summed E-state index contributed by atoms with van der Waals surface area (Å²) in [6.07, 6.45) is 2.99. The number of hydrogen-bond donors (Lipinski definition) is 3. The highest BCUT2D eigenvalue weighted by Gasteiger charge is 2.29. The van der Waals surface area contributed by atoms with E-state index < -0.39 is 0 Å². The Hall–Kier alpha value is -1.88. The van der Waals surface area contributed by atoms with Crippen LogP contribution in [0.15, 0.2) is 24.3 Å². The van der Waals surface area contributed by atoms with Gasteiger partial charge >= 0.3 is 0 Å². The van der Waals surface area contributed by atoms with Crippen LogP contribution in [0.5, 0.6) is 0 Å². The zero-order valence-corrected chi connectivity index (χ0v) is 12.6. The first-order valence-corrected chi connectivity index (χ1v) is 7.33. The molecule has 1 aromatic rings. The van der Waals surface area contributed by atoms with E-state index in [-0.39, 0.29) is 23.3 Å². The molecule has 0 heterocycles. The van der Waals surface area contributed by atoms with Gasteiger partial charge in [0, 0.05) is 29.3 Å². The molecule has 0 radical (unpaired) electrons. The van der Waals surface area contributed by atoms with E-state index in [0.717, 1.165) is 24.2 Å². The highest BCUT2D eigenvalue weighted by Crippen LogP contribution is 2.30. The highest BCUT2D eigenvalue weighted by molar-refractivity contribution is 5.95. The third kappa shape index (κ3) is 5.55. The molecule has 0 spiro atoms. The summed E-state index contributed by atoms with van der Waals surface area (Å²) in [5.41, 5.74) is 6.99. The second kappa shape index (κ2) is 6.26. The number of rotatable bonds is 6. The van der Waals surface area contributed by atoms with Crippen molar-refractivity contribution in [2.75, 3.05) is 10.6 Å². The Morgan fingerprint density at radius 3 is 2.14 bits per heavy atom. The van der Waals surface area contributed by atoms with E-state index in [9.17, 15) is 9.59 Å². The minimum Gasteiger partial charge on any atom is -0.326 e. The maximum absolute atomic E-state index is 11.8. The lowest BCUT2D eigenvalue weighted by molar-refractivity contribution is -0.117. The van der Waals surface area contributed by atoms with E-state index in [2.05, 4.69) is 10.6 Å². The molecule has 5 heteroatoms. The van der Waals surface area contributed by atoms with Gasteiger partial charge in [-0.15, -0.1) is 0 Å². The van der Waals surface area contributed by atoms with Crippen LogP contribution >= 0.6 is 0 Å². The Bertz CT molecular complexity index is 513. The molecule has 21 heavy (non-hydrogen) atoms. The minimum absolute atomic E-state index is 0.0525. The van der Waals surface area contributed by atoms with Crippen molar-refractivity contribution in [2.45, 2.75) is 45.1 Å². The number of benzene rings is 1. The van der Waals surface area contributed by atoms with Crippen molar-refractivity contribution in [1.29, 1.82) is 0 Å². The van der Waals surface area contributed by atoms with Crippen molar-refractivity contribution in [2.24, 2.45) is 11.7 Å².